The molecule has 1 heterocycles. The van der Waals surface area contributed by atoms with Crippen molar-refractivity contribution >= 4 is 0 Å². The predicted octanol–water partition coefficient (Wildman–Crippen LogP) is 2.54. The highest BCUT2D eigenvalue weighted by Gasteiger charge is 1.99. The third kappa shape index (κ3) is 5.28. The summed E-state index contributed by atoms with van der Waals surface area (Å²) in [5.41, 5.74) is 2.60. The molecule has 3 heteroatoms. The van der Waals surface area contributed by atoms with Gasteiger partial charge in [-0.15, -0.1) is 0 Å². The maximum absolute atomic E-state index is 5.03. The van der Waals surface area contributed by atoms with Crippen molar-refractivity contribution in [1.29, 1.82) is 0 Å². The first-order valence-corrected chi connectivity index (χ1v) is 6.79. The summed E-state index contributed by atoms with van der Waals surface area (Å²) in [6.45, 7) is 4.03. The second-order valence-corrected chi connectivity index (χ2v) is 4.85. The van der Waals surface area contributed by atoms with Crippen LogP contribution in [-0.4, -0.2) is 31.6 Å². The van der Waals surface area contributed by atoms with Crippen molar-refractivity contribution < 1.29 is 4.42 Å². The lowest BCUT2D eigenvalue weighted by Gasteiger charge is -2.16. The van der Waals surface area contributed by atoms with E-state index in [0.29, 0.717) is 0 Å². The van der Waals surface area contributed by atoms with Gasteiger partial charge in [0.2, 0.25) is 0 Å². The van der Waals surface area contributed by atoms with Crippen LogP contribution in [0.15, 0.2) is 53.3 Å². The molecule has 2 rings (SSSR count). The molecule has 0 saturated carbocycles. The molecule has 0 amide bonds. The normalized spacial score (nSPS) is 11.1. The van der Waals surface area contributed by atoms with E-state index in [1.807, 2.05) is 6.07 Å². The summed E-state index contributed by atoms with van der Waals surface area (Å²) in [6.07, 6.45) is 4.61. The number of rotatable bonds is 8. The Morgan fingerprint density at radius 1 is 1.05 bits per heavy atom. The molecule has 2 aromatic rings. The Labute approximate surface area is 115 Å². The van der Waals surface area contributed by atoms with Crippen LogP contribution in [0, 0.1) is 0 Å². The van der Waals surface area contributed by atoms with E-state index >= 15 is 0 Å². The van der Waals surface area contributed by atoms with E-state index in [-0.39, 0.29) is 0 Å². The molecule has 0 aliphatic rings. The molecule has 0 aliphatic carbocycles. The summed E-state index contributed by atoms with van der Waals surface area (Å²) in [5, 5.41) is 3.42. The van der Waals surface area contributed by atoms with Gasteiger partial charge in [0.1, 0.15) is 0 Å². The number of likely N-dealkylation sites (N-methyl/N-ethyl adjacent to an activating group) is 1. The predicted molar refractivity (Wildman–Crippen MR) is 78.1 cm³/mol. The van der Waals surface area contributed by atoms with Crippen molar-refractivity contribution in [3.8, 4) is 0 Å². The second kappa shape index (κ2) is 7.77. The molecule has 0 spiro atoms. The van der Waals surface area contributed by atoms with Crippen molar-refractivity contribution in [2.24, 2.45) is 0 Å². The van der Waals surface area contributed by atoms with E-state index in [1.165, 1.54) is 11.1 Å². The molecular weight excluding hydrogens is 236 g/mol. The van der Waals surface area contributed by atoms with Crippen LogP contribution in [0.4, 0.5) is 0 Å². The van der Waals surface area contributed by atoms with Crippen molar-refractivity contribution in [3.63, 3.8) is 0 Å². The lowest BCUT2D eigenvalue weighted by molar-refractivity contribution is 0.335. The zero-order valence-electron chi connectivity index (χ0n) is 11.5. The van der Waals surface area contributed by atoms with Gasteiger partial charge in [-0.05, 0) is 25.1 Å². The Morgan fingerprint density at radius 2 is 1.89 bits per heavy atom. The van der Waals surface area contributed by atoms with Gasteiger partial charge < -0.3 is 14.6 Å². The number of furan rings is 1. The molecule has 0 aliphatic heterocycles. The zero-order chi connectivity index (χ0) is 13.3. The van der Waals surface area contributed by atoms with Crippen molar-refractivity contribution in [3.05, 3.63) is 60.1 Å². The smallest absolute Gasteiger partial charge is 0.0947 e. The Kier molecular flexibility index (Phi) is 5.66. The molecule has 0 saturated heterocycles. The molecule has 3 nitrogen and oxygen atoms in total. The molecule has 0 bridgehead atoms. The standard InChI is InChI=1S/C16H22N2O/c1-18(10-7-15-5-3-2-4-6-15)11-9-17-13-16-8-12-19-14-16/h2-6,8,12,14,17H,7,9-11,13H2,1H3. The lowest BCUT2D eigenvalue weighted by Crippen LogP contribution is -2.30. The van der Waals surface area contributed by atoms with Crippen LogP contribution in [0.2, 0.25) is 0 Å². The maximum atomic E-state index is 5.03. The molecule has 0 atom stereocenters. The van der Waals surface area contributed by atoms with E-state index < -0.39 is 0 Å². The maximum Gasteiger partial charge on any atom is 0.0947 e. The highest BCUT2D eigenvalue weighted by atomic mass is 16.3. The number of hydrogen-bond donors (Lipinski definition) is 1. The molecule has 0 unspecified atom stereocenters. The second-order valence-electron chi connectivity index (χ2n) is 4.85. The monoisotopic (exact) mass is 258 g/mol. The van der Waals surface area contributed by atoms with Crippen molar-refractivity contribution in [2.75, 3.05) is 26.7 Å². The van der Waals surface area contributed by atoms with Gasteiger partial charge in [-0.1, -0.05) is 30.3 Å². The van der Waals surface area contributed by atoms with E-state index in [9.17, 15) is 0 Å². The fourth-order valence-electron chi connectivity index (χ4n) is 1.97. The molecule has 1 aromatic carbocycles. The summed E-state index contributed by atoms with van der Waals surface area (Å²) < 4.78 is 5.03. The van der Waals surface area contributed by atoms with Gasteiger partial charge >= 0.3 is 0 Å². The Hall–Kier alpha value is -1.58. The Morgan fingerprint density at radius 3 is 2.63 bits per heavy atom. The molecule has 0 fully saturated rings. The Balaban J connectivity index is 1.56. The minimum absolute atomic E-state index is 0.878. The summed E-state index contributed by atoms with van der Waals surface area (Å²) in [4.78, 5) is 2.36. The van der Waals surface area contributed by atoms with Crippen molar-refractivity contribution in [1.82, 2.24) is 10.2 Å². The highest BCUT2D eigenvalue weighted by Crippen LogP contribution is 2.00. The SMILES string of the molecule is CN(CCNCc1ccoc1)CCc1ccccc1. The van der Waals surface area contributed by atoms with Crippen LogP contribution >= 0.6 is 0 Å². The first-order chi connectivity index (χ1) is 9.34. The van der Waals surface area contributed by atoms with E-state index in [4.69, 9.17) is 4.42 Å². The van der Waals surface area contributed by atoms with E-state index in [1.54, 1.807) is 12.5 Å². The number of nitrogens with one attached hydrogen (secondary N) is 1. The number of hydrogen-bond acceptors (Lipinski definition) is 3. The summed E-state index contributed by atoms with van der Waals surface area (Å²) in [7, 11) is 2.17. The number of nitrogens with zero attached hydrogens (tertiary/aromatic N) is 1. The van der Waals surface area contributed by atoms with Crippen molar-refractivity contribution in [2.45, 2.75) is 13.0 Å². The van der Waals surface area contributed by atoms with Crippen LogP contribution in [-0.2, 0) is 13.0 Å². The van der Waals surface area contributed by atoms with Crippen LogP contribution in [0.25, 0.3) is 0 Å². The average Bonchev–Trinajstić information content (AvgIpc) is 2.96. The largest absolute Gasteiger partial charge is 0.472 e. The van der Waals surface area contributed by atoms with Gasteiger partial charge in [-0.3, -0.25) is 0 Å². The average molecular weight is 258 g/mol. The fraction of sp³-hybridized carbons (Fsp3) is 0.375. The fourth-order valence-corrected chi connectivity index (χ4v) is 1.97. The van der Waals surface area contributed by atoms with Crippen LogP contribution in [0.5, 0.6) is 0 Å². The molecule has 0 radical (unpaired) electrons. The third-order valence-electron chi connectivity index (χ3n) is 3.20. The first-order valence-electron chi connectivity index (χ1n) is 6.79. The van der Waals surface area contributed by atoms with Gasteiger partial charge in [0.05, 0.1) is 12.5 Å². The van der Waals surface area contributed by atoms with Crippen LogP contribution in [0.1, 0.15) is 11.1 Å². The van der Waals surface area contributed by atoms with Gasteiger partial charge in [-0.2, -0.15) is 0 Å². The minimum atomic E-state index is 0.878. The molecule has 102 valence electrons. The summed E-state index contributed by atoms with van der Waals surface area (Å²) >= 11 is 0. The van der Waals surface area contributed by atoms with Gasteiger partial charge in [-0.25, -0.2) is 0 Å². The molecular formula is C16H22N2O. The first kappa shape index (κ1) is 13.8. The number of benzene rings is 1. The molecule has 1 aromatic heterocycles. The van der Waals surface area contributed by atoms with Crippen LogP contribution < -0.4 is 5.32 Å². The quantitative estimate of drug-likeness (QED) is 0.738. The van der Waals surface area contributed by atoms with E-state index in [2.05, 4.69) is 47.6 Å². The third-order valence-corrected chi connectivity index (χ3v) is 3.20. The topological polar surface area (TPSA) is 28.4 Å². The minimum Gasteiger partial charge on any atom is -0.472 e. The lowest BCUT2D eigenvalue weighted by atomic mass is 10.1. The molecule has 1 N–H and O–H groups in total. The zero-order valence-corrected chi connectivity index (χ0v) is 11.5. The van der Waals surface area contributed by atoms with E-state index in [0.717, 1.165) is 32.6 Å². The summed E-state index contributed by atoms with van der Waals surface area (Å²) in [5.74, 6) is 0. The molecule has 19 heavy (non-hydrogen) atoms. The van der Waals surface area contributed by atoms with Gasteiger partial charge in [0, 0.05) is 31.7 Å². The van der Waals surface area contributed by atoms with Gasteiger partial charge in [0.15, 0.2) is 0 Å². The Bertz CT molecular complexity index is 439. The van der Waals surface area contributed by atoms with Gasteiger partial charge in [0.25, 0.3) is 0 Å². The highest BCUT2D eigenvalue weighted by molar-refractivity contribution is 5.14. The van der Waals surface area contributed by atoms with Crippen LogP contribution in [0.3, 0.4) is 0 Å². The summed E-state index contributed by atoms with van der Waals surface area (Å²) in [6, 6.07) is 12.6.